The minimum absolute atomic E-state index is 0.195. The predicted molar refractivity (Wildman–Crippen MR) is 97.0 cm³/mol. The van der Waals surface area contributed by atoms with Gasteiger partial charge in [-0.2, -0.15) is 0 Å². The number of aliphatic carboxylic acids is 1. The zero-order valence-corrected chi connectivity index (χ0v) is 15.9. The van der Waals surface area contributed by atoms with Crippen LogP contribution in [0.25, 0.3) is 0 Å². The van der Waals surface area contributed by atoms with Gasteiger partial charge in [0.05, 0.1) is 5.92 Å². The number of ketones is 1. The van der Waals surface area contributed by atoms with Crippen molar-refractivity contribution < 1.29 is 14.7 Å². The van der Waals surface area contributed by atoms with Crippen molar-refractivity contribution in [3.8, 4) is 0 Å². The molecule has 0 aromatic rings. The highest BCUT2D eigenvalue weighted by Crippen LogP contribution is 2.67. The molecule has 4 aliphatic rings. The quantitative estimate of drug-likeness (QED) is 0.778. The number of carboxylic acid groups (broad SMARTS) is 1. The average Bonchev–Trinajstić information content (AvgIpc) is 2.92. The Morgan fingerprint density at radius 1 is 1.12 bits per heavy atom. The molecule has 3 heteroatoms. The van der Waals surface area contributed by atoms with Crippen LogP contribution in [-0.2, 0) is 9.59 Å². The maximum absolute atomic E-state index is 11.9. The molecular formula is C22H32O3. The first-order chi connectivity index (χ1) is 11.8. The lowest BCUT2D eigenvalue weighted by Crippen LogP contribution is -2.51. The normalized spacial score (nSPS) is 47.3. The van der Waals surface area contributed by atoms with Crippen molar-refractivity contribution in [1.82, 2.24) is 0 Å². The number of hydrogen-bond donors (Lipinski definition) is 1. The number of carbonyl (C=O) groups is 2. The smallest absolute Gasteiger partial charge is 0.306 e. The molecule has 0 heterocycles. The molecule has 3 nitrogen and oxygen atoms in total. The van der Waals surface area contributed by atoms with E-state index in [4.69, 9.17) is 0 Å². The molecule has 7 atom stereocenters. The molecule has 3 saturated carbocycles. The Morgan fingerprint density at radius 2 is 1.88 bits per heavy atom. The maximum atomic E-state index is 11.9. The standard InChI is InChI=1S/C22H32O3/c1-13(20(24)25)17-6-7-18-16-5-4-14-12-15(23)8-10-21(14,2)19(16)9-11-22(17,18)3/h12-13,16-19H,4-11H2,1-3H3,(H,24,25)/t13?,16?,17-,18?,19?,21+,22-/m1/s1. The number of fused-ring (bicyclic) bond motifs is 5. The fourth-order valence-electron chi connectivity index (χ4n) is 7.59. The molecule has 0 amide bonds. The lowest BCUT2D eigenvalue weighted by Gasteiger charge is -2.58. The van der Waals surface area contributed by atoms with Gasteiger partial charge in [0.1, 0.15) is 0 Å². The van der Waals surface area contributed by atoms with Crippen molar-refractivity contribution in [3.05, 3.63) is 11.6 Å². The average molecular weight is 344 g/mol. The maximum Gasteiger partial charge on any atom is 0.306 e. The van der Waals surface area contributed by atoms with Gasteiger partial charge in [0.25, 0.3) is 0 Å². The van der Waals surface area contributed by atoms with E-state index in [1.54, 1.807) is 0 Å². The SMILES string of the molecule is CC(C(=O)O)[C@H]1CCC2C3CCC4=CC(=O)CC[C@]4(C)C3CC[C@@]21C. The van der Waals surface area contributed by atoms with Gasteiger partial charge >= 0.3 is 5.97 Å². The van der Waals surface area contributed by atoms with Crippen molar-refractivity contribution in [1.29, 1.82) is 0 Å². The molecule has 4 unspecified atom stereocenters. The van der Waals surface area contributed by atoms with Crippen LogP contribution in [0.15, 0.2) is 11.6 Å². The first-order valence-electron chi connectivity index (χ1n) is 10.2. The van der Waals surface area contributed by atoms with Gasteiger partial charge in [-0.25, -0.2) is 0 Å². The first-order valence-corrected chi connectivity index (χ1v) is 10.2. The van der Waals surface area contributed by atoms with E-state index in [1.165, 1.54) is 24.8 Å². The lowest BCUT2D eigenvalue weighted by molar-refractivity contribution is -0.146. The molecule has 0 aromatic heterocycles. The van der Waals surface area contributed by atoms with Gasteiger partial charge in [-0.05, 0) is 85.5 Å². The second kappa shape index (κ2) is 5.69. The Morgan fingerprint density at radius 3 is 2.60 bits per heavy atom. The summed E-state index contributed by atoms with van der Waals surface area (Å²) in [5.41, 5.74) is 1.83. The van der Waals surface area contributed by atoms with Crippen molar-refractivity contribution in [2.24, 2.45) is 40.4 Å². The second-order valence-corrected chi connectivity index (χ2v) is 9.82. The largest absolute Gasteiger partial charge is 0.481 e. The van der Waals surface area contributed by atoms with Gasteiger partial charge in [0.2, 0.25) is 0 Å². The van der Waals surface area contributed by atoms with E-state index in [2.05, 4.69) is 13.8 Å². The van der Waals surface area contributed by atoms with E-state index in [0.29, 0.717) is 30.0 Å². The van der Waals surface area contributed by atoms with E-state index in [-0.39, 0.29) is 16.7 Å². The Hall–Kier alpha value is -1.12. The zero-order chi connectivity index (χ0) is 18.0. The third-order valence-electron chi connectivity index (χ3n) is 9.03. The summed E-state index contributed by atoms with van der Waals surface area (Å²) in [5, 5.41) is 9.56. The molecule has 4 aliphatic carbocycles. The molecule has 0 spiro atoms. The summed E-state index contributed by atoms with van der Waals surface area (Å²) < 4.78 is 0. The molecular weight excluding hydrogens is 312 g/mol. The topological polar surface area (TPSA) is 54.4 Å². The van der Waals surface area contributed by atoms with Crippen LogP contribution in [0.4, 0.5) is 0 Å². The molecule has 25 heavy (non-hydrogen) atoms. The summed E-state index contributed by atoms with van der Waals surface area (Å²) >= 11 is 0. The molecule has 0 saturated heterocycles. The summed E-state index contributed by atoms with van der Waals surface area (Å²) in [6.45, 7) is 6.72. The summed E-state index contributed by atoms with van der Waals surface area (Å²) in [6, 6.07) is 0. The van der Waals surface area contributed by atoms with Gasteiger partial charge in [0.15, 0.2) is 5.78 Å². The number of allylic oxidation sites excluding steroid dienone is 1. The van der Waals surface area contributed by atoms with Crippen LogP contribution in [-0.4, -0.2) is 16.9 Å². The number of carboxylic acids is 1. The highest BCUT2D eigenvalue weighted by atomic mass is 16.4. The molecule has 0 bridgehead atoms. The van der Waals surface area contributed by atoms with Gasteiger partial charge in [-0.1, -0.05) is 26.3 Å². The molecule has 0 radical (unpaired) electrons. The monoisotopic (exact) mass is 344 g/mol. The van der Waals surface area contributed by atoms with Crippen molar-refractivity contribution in [3.63, 3.8) is 0 Å². The van der Waals surface area contributed by atoms with Crippen LogP contribution in [0.2, 0.25) is 0 Å². The van der Waals surface area contributed by atoms with Crippen LogP contribution in [0, 0.1) is 40.4 Å². The predicted octanol–water partition coefficient (Wildman–Crippen LogP) is 4.86. The Bertz CT molecular complexity index is 635. The first kappa shape index (κ1) is 17.3. The van der Waals surface area contributed by atoms with E-state index < -0.39 is 5.97 Å². The summed E-state index contributed by atoms with van der Waals surface area (Å²) in [7, 11) is 0. The van der Waals surface area contributed by atoms with Crippen LogP contribution in [0.3, 0.4) is 0 Å². The van der Waals surface area contributed by atoms with Crippen LogP contribution in [0.1, 0.15) is 72.1 Å². The Labute approximate surface area is 151 Å². The van der Waals surface area contributed by atoms with E-state index in [0.717, 1.165) is 31.6 Å². The fraction of sp³-hybridized carbons (Fsp3) is 0.818. The zero-order valence-electron chi connectivity index (χ0n) is 15.9. The van der Waals surface area contributed by atoms with Crippen LogP contribution >= 0.6 is 0 Å². The van der Waals surface area contributed by atoms with E-state index >= 15 is 0 Å². The third-order valence-corrected chi connectivity index (χ3v) is 9.03. The van der Waals surface area contributed by atoms with Crippen molar-refractivity contribution >= 4 is 11.8 Å². The number of hydrogen-bond acceptors (Lipinski definition) is 2. The lowest BCUT2D eigenvalue weighted by atomic mass is 9.46. The van der Waals surface area contributed by atoms with Crippen molar-refractivity contribution in [2.45, 2.75) is 72.1 Å². The highest BCUT2D eigenvalue weighted by Gasteiger charge is 2.60. The molecule has 138 valence electrons. The summed E-state index contributed by atoms with van der Waals surface area (Å²) in [4.78, 5) is 23.5. The molecule has 0 aliphatic heterocycles. The van der Waals surface area contributed by atoms with Crippen molar-refractivity contribution in [2.75, 3.05) is 0 Å². The molecule has 1 N–H and O–H groups in total. The van der Waals surface area contributed by atoms with Gasteiger partial charge in [0, 0.05) is 6.42 Å². The Kier molecular flexibility index (Phi) is 3.94. The molecule has 0 aromatic carbocycles. The number of rotatable bonds is 2. The summed E-state index contributed by atoms with van der Waals surface area (Å²) in [5.74, 6) is 1.89. The minimum atomic E-state index is -0.624. The molecule has 4 rings (SSSR count). The number of carbonyl (C=O) groups excluding carboxylic acids is 1. The fourth-order valence-corrected chi connectivity index (χ4v) is 7.59. The summed E-state index contributed by atoms with van der Waals surface area (Å²) in [6.07, 6.45) is 10.6. The van der Waals surface area contributed by atoms with Gasteiger partial charge in [-0.3, -0.25) is 9.59 Å². The molecule has 3 fully saturated rings. The van der Waals surface area contributed by atoms with Crippen LogP contribution < -0.4 is 0 Å². The van der Waals surface area contributed by atoms with E-state index in [1.807, 2.05) is 13.0 Å². The van der Waals surface area contributed by atoms with Gasteiger partial charge in [-0.15, -0.1) is 0 Å². The third kappa shape index (κ3) is 2.37. The van der Waals surface area contributed by atoms with E-state index in [9.17, 15) is 14.7 Å². The van der Waals surface area contributed by atoms with Gasteiger partial charge < -0.3 is 5.11 Å². The van der Waals surface area contributed by atoms with Crippen LogP contribution in [0.5, 0.6) is 0 Å². The second-order valence-electron chi connectivity index (χ2n) is 9.82. The minimum Gasteiger partial charge on any atom is -0.481 e. The Balaban J connectivity index is 1.63. The highest BCUT2D eigenvalue weighted by molar-refractivity contribution is 5.91.